The smallest absolute Gasteiger partial charge is 0.305 e. The maximum atomic E-state index is 11.9. The molecule has 1 aromatic carbocycles. The van der Waals surface area contributed by atoms with Crippen LogP contribution >= 0.6 is 0 Å². The van der Waals surface area contributed by atoms with E-state index >= 15 is 0 Å². The molecule has 0 amide bonds. The summed E-state index contributed by atoms with van der Waals surface area (Å²) in [5.41, 5.74) is 3.31. The molecule has 0 atom stereocenters. The van der Waals surface area contributed by atoms with Crippen molar-refractivity contribution in [2.24, 2.45) is 0 Å². The predicted octanol–water partition coefficient (Wildman–Crippen LogP) is 2.02. The van der Waals surface area contributed by atoms with Gasteiger partial charge in [-0.15, -0.1) is 0 Å². The lowest BCUT2D eigenvalue weighted by molar-refractivity contribution is 1.00. The molecule has 4 heteroatoms. The SMILES string of the molecule is Cc1cc(-n2c(=O)[nH]c3ccccc32)ccn1. The monoisotopic (exact) mass is 225 g/mol. The Hall–Kier alpha value is -2.36. The fourth-order valence-electron chi connectivity index (χ4n) is 1.98. The minimum atomic E-state index is -0.128. The molecule has 4 nitrogen and oxygen atoms in total. The van der Waals surface area contributed by atoms with Gasteiger partial charge in [0, 0.05) is 11.9 Å². The molecule has 1 N–H and O–H groups in total. The van der Waals surface area contributed by atoms with Crippen LogP contribution in [0.5, 0.6) is 0 Å². The van der Waals surface area contributed by atoms with Gasteiger partial charge in [0.1, 0.15) is 0 Å². The van der Waals surface area contributed by atoms with Crippen molar-refractivity contribution in [2.45, 2.75) is 6.92 Å². The van der Waals surface area contributed by atoms with Crippen LogP contribution in [0.2, 0.25) is 0 Å². The van der Waals surface area contributed by atoms with E-state index in [0.29, 0.717) is 0 Å². The highest BCUT2D eigenvalue weighted by Gasteiger charge is 2.07. The molecular formula is C13H11N3O. The summed E-state index contributed by atoms with van der Waals surface area (Å²) in [6.07, 6.45) is 1.71. The summed E-state index contributed by atoms with van der Waals surface area (Å²) in [4.78, 5) is 18.9. The second-order valence-corrected chi connectivity index (χ2v) is 3.94. The number of nitrogens with one attached hydrogen (secondary N) is 1. The van der Waals surface area contributed by atoms with Crippen LogP contribution < -0.4 is 5.69 Å². The highest BCUT2D eigenvalue weighted by Crippen LogP contribution is 2.14. The van der Waals surface area contributed by atoms with Crippen LogP contribution in [0.1, 0.15) is 5.69 Å². The number of rotatable bonds is 1. The highest BCUT2D eigenvalue weighted by atomic mass is 16.1. The maximum absolute atomic E-state index is 11.9. The number of hydrogen-bond acceptors (Lipinski definition) is 2. The van der Waals surface area contributed by atoms with Gasteiger partial charge in [0.2, 0.25) is 0 Å². The zero-order chi connectivity index (χ0) is 11.8. The van der Waals surface area contributed by atoms with Gasteiger partial charge in [0.15, 0.2) is 0 Å². The van der Waals surface area contributed by atoms with E-state index in [0.717, 1.165) is 22.4 Å². The van der Waals surface area contributed by atoms with E-state index in [1.54, 1.807) is 10.8 Å². The van der Waals surface area contributed by atoms with Gasteiger partial charge in [-0.2, -0.15) is 0 Å². The Morgan fingerprint density at radius 2 is 2.06 bits per heavy atom. The quantitative estimate of drug-likeness (QED) is 0.688. The Balaban J connectivity index is 2.37. The summed E-state index contributed by atoms with van der Waals surface area (Å²) in [6.45, 7) is 1.91. The number of nitrogens with zero attached hydrogens (tertiary/aromatic N) is 2. The van der Waals surface area contributed by atoms with Gasteiger partial charge in [0.05, 0.1) is 16.7 Å². The fraction of sp³-hybridized carbons (Fsp3) is 0.0769. The van der Waals surface area contributed by atoms with E-state index in [2.05, 4.69) is 9.97 Å². The van der Waals surface area contributed by atoms with Crippen molar-refractivity contribution < 1.29 is 0 Å². The van der Waals surface area contributed by atoms with E-state index in [9.17, 15) is 4.79 Å². The summed E-state index contributed by atoms with van der Waals surface area (Å²) >= 11 is 0. The molecule has 84 valence electrons. The van der Waals surface area contributed by atoms with Gasteiger partial charge >= 0.3 is 5.69 Å². The van der Waals surface area contributed by atoms with Gasteiger partial charge in [-0.3, -0.25) is 9.55 Å². The highest BCUT2D eigenvalue weighted by molar-refractivity contribution is 5.77. The van der Waals surface area contributed by atoms with Crippen LogP contribution in [0.4, 0.5) is 0 Å². The topological polar surface area (TPSA) is 50.7 Å². The zero-order valence-electron chi connectivity index (χ0n) is 9.34. The largest absolute Gasteiger partial charge is 0.331 e. The molecule has 0 spiro atoms. The van der Waals surface area contributed by atoms with E-state index in [1.807, 2.05) is 43.3 Å². The molecule has 2 heterocycles. The number of pyridine rings is 1. The molecule has 0 aliphatic heterocycles. The third kappa shape index (κ3) is 1.54. The molecule has 0 fully saturated rings. The first kappa shape index (κ1) is 9.84. The van der Waals surface area contributed by atoms with E-state index < -0.39 is 0 Å². The molecule has 3 aromatic rings. The Morgan fingerprint density at radius 1 is 1.24 bits per heavy atom. The standard InChI is InChI=1S/C13H11N3O/c1-9-8-10(6-7-14-9)16-12-5-3-2-4-11(12)15-13(16)17/h2-8H,1H3,(H,15,17). The molecular weight excluding hydrogens is 214 g/mol. The predicted molar refractivity (Wildman–Crippen MR) is 66.4 cm³/mol. The van der Waals surface area contributed by atoms with Crippen molar-refractivity contribution in [3.8, 4) is 5.69 Å². The first-order chi connectivity index (χ1) is 8.25. The van der Waals surface area contributed by atoms with E-state index in [1.165, 1.54) is 0 Å². The third-order valence-electron chi connectivity index (χ3n) is 2.73. The van der Waals surface area contributed by atoms with Crippen molar-refractivity contribution in [1.29, 1.82) is 0 Å². The average molecular weight is 225 g/mol. The number of hydrogen-bond donors (Lipinski definition) is 1. The van der Waals surface area contributed by atoms with Crippen LogP contribution in [-0.4, -0.2) is 14.5 Å². The first-order valence-corrected chi connectivity index (χ1v) is 5.38. The molecule has 0 bridgehead atoms. The fourth-order valence-corrected chi connectivity index (χ4v) is 1.98. The Labute approximate surface area is 97.6 Å². The third-order valence-corrected chi connectivity index (χ3v) is 2.73. The minimum absolute atomic E-state index is 0.128. The number of fused-ring (bicyclic) bond motifs is 1. The van der Waals surface area contributed by atoms with Crippen molar-refractivity contribution >= 4 is 11.0 Å². The number of aromatic amines is 1. The van der Waals surface area contributed by atoms with Gasteiger partial charge in [-0.25, -0.2) is 4.79 Å². The summed E-state index contributed by atoms with van der Waals surface area (Å²) in [5.74, 6) is 0. The average Bonchev–Trinajstić information content (AvgIpc) is 2.64. The van der Waals surface area contributed by atoms with Crippen molar-refractivity contribution in [3.05, 3.63) is 58.8 Å². The maximum Gasteiger partial charge on any atom is 0.331 e. The minimum Gasteiger partial charge on any atom is -0.305 e. The molecule has 0 radical (unpaired) electrons. The molecule has 0 aliphatic rings. The lowest BCUT2D eigenvalue weighted by Crippen LogP contribution is -2.14. The first-order valence-electron chi connectivity index (χ1n) is 5.38. The zero-order valence-corrected chi connectivity index (χ0v) is 9.34. The number of aromatic nitrogens is 3. The molecule has 2 aromatic heterocycles. The number of benzene rings is 1. The Morgan fingerprint density at radius 3 is 2.88 bits per heavy atom. The normalized spacial score (nSPS) is 10.9. The lowest BCUT2D eigenvalue weighted by atomic mass is 10.3. The summed E-state index contributed by atoms with van der Waals surface area (Å²) in [5, 5.41) is 0. The number of H-pyrrole nitrogens is 1. The van der Waals surface area contributed by atoms with Crippen molar-refractivity contribution in [1.82, 2.24) is 14.5 Å². The van der Waals surface area contributed by atoms with Crippen LogP contribution in [-0.2, 0) is 0 Å². The molecule has 0 aliphatic carbocycles. The van der Waals surface area contributed by atoms with Crippen LogP contribution in [0.25, 0.3) is 16.7 Å². The summed E-state index contributed by atoms with van der Waals surface area (Å²) in [6, 6.07) is 11.3. The van der Waals surface area contributed by atoms with Gasteiger partial charge in [-0.1, -0.05) is 12.1 Å². The van der Waals surface area contributed by atoms with E-state index in [4.69, 9.17) is 0 Å². The van der Waals surface area contributed by atoms with Gasteiger partial charge in [0.25, 0.3) is 0 Å². The molecule has 0 saturated carbocycles. The van der Waals surface area contributed by atoms with E-state index in [-0.39, 0.29) is 5.69 Å². The van der Waals surface area contributed by atoms with Gasteiger partial charge < -0.3 is 4.98 Å². The number of para-hydroxylation sites is 2. The summed E-state index contributed by atoms with van der Waals surface area (Å²) in [7, 11) is 0. The molecule has 0 unspecified atom stereocenters. The van der Waals surface area contributed by atoms with Gasteiger partial charge in [-0.05, 0) is 31.2 Å². The Kier molecular flexibility index (Phi) is 2.08. The van der Waals surface area contributed by atoms with Crippen LogP contribution in [0.15, 0.2) is 47.4 Å². The van der Waals surface area contributed by atoms with Crippen molar-refractivity contribution in [2.75, 3.05) is 0 Å². The van der Waals surface area contributed by atoms with Crippen LogP contribution in [0.3, 0.4) is 0 Å². The summed E-state index contributed by atoms with van der Waals surface area (Å²) < 4.78 is 1.66. The van der Waals surface area contributed by atoms with Crippen molar-refractivity contribution in [3.63, 3.8) is 0 Å². The molecule has 17 heavy (non-hydrogen) atoms. The number of aryl methyl sites for hydroxylation is 1. The second kappa shape index (κ2) is 3.59. The number of imidazole rings is 1. The van der Waals surface area contributed by atoms with Crippen LogP contribution in [0, 0.1) is 6.92 Å². The molecule has 3 rings (SSSR count). The Bertz CT molecular complexity index is 740. The lowest BCUT2D eigenvalue weighted by Gasteiger charge is -2.03. The second-order valence-electron chi connectivity index (χ2n) is 3.94. The molecule has 0 saturated heterocycles.